The summed E-state index contributed by atoms with van der Waals surface area (Å²) in [4.78, 5) is 70.6. The first kappa shape index (κ1) is 81.9. The molecule has 3 unspecified atom stereocenters. The van der Waals surface area contributed by atoms with Gasteiger partial charge in [-0.1, -0.05) is 103 Å². The monoisotopic (exact) mass is 1240 g/mol. The minimum atomic E-state index is -1.12. The van der Waals surface area contributed by atoms with E-state index in [1.54, 1.807) is 20.8 Å². The van der Waals surface area contributed by atoms with Crippen LogP contribution < -0.4 is 0 Å². The van der Waals surface area contributed by atoms with E-state index in [9.17, 15) is 28.8 Å². The fourth-order valence-electron chi connectivity index (χ4n) is 8.19. The average Bonchev–Trinajstić information content (AvgIpc) is 3.45. The van der Waals surface area contributed by atoms with Crippen molar-refractivity contribution < 1.29 is 71.4 Å². The second-order valence-electron chi connectivity index (χ2n) is 24.1. The SMILES string of the molecule is CC[P+](C)(C)Cc1ccc(COC(=O)C(C)(COC)COC(C)=O)cc1.COCC(C)(COC(C)=O)C(=O)OCc1ccc(C[P+](C)(C)C)cc1.COCC(C)(COC(C)=O)C(=O)OCc1ccc(C[P+](C)(C)Cc2ccccc2)cc1.[CH3-].[CH3-].[CH3-]. The Kier molecular flexibility index (Phi) is 38.2. The van der Waals surface area contributed by atoms with Crippen molar-refractivity contribution in [3.8, 4) is 0 Å². The van der Waals surface area contributed by atoms with Gasteiger partial charge in [-0.3, -0.25) is 28.8 Å². The topological polar surface area (TPSA) is 185 Å². The Hall–Kier alpha value is -5.13. The van der Waals surface area contributed by atoms with Crippen molar-refractivity contribution in [1.82, 2.24) is 0 Å². The second kappa shape index (κ2) is 39.6. The van der Waals surface area contributed by atoms with Crippen LogP contribution in [0.4, 0.5) is 0 Å². The highest BCUT2D eigenvalue weighted by molar-refractivity contribution is 7.74. The molecule has 0 radical (unpaired) electrons. The summed E-state index contributed by atoms with van der Waals surface area (Å²) in [5.74, 6) is -2.65. The van der Waals surface area contributed by atoms with Crippen LogP contribution in [-0.4, -0.2) is 150 Å². The van der Waals surface area contributed by atoms with Gasteiger partial charge in [-0.05, 0) is 66.6 Å². The number of benzene rings is 4. The van der Waals surface area contributed by atoms with Crippen LogP contribution >= 0.6 is 21.8 Å². The van der Waals surface area contributed by atoms with E-state index < -0.39 is 73.8 Å². The molecule has 0 aliphatic carbocycles. The van der Waals surface area contributed by atoms with Gasteiger partial charge in [0.25, 0.3) is 0 Å². The maximum atomic E-state index is 12.6. The molecular formula is C67H105O15P3. The number of carbonyl (C=O) groups is 6. The summed E-state index contributed by atoms with van der Waals surface area (Å²) in [7, 11) is 1.63. The Balaban J connectivity index is 0. The molecule has 0 amide bonds. The van der Waals surface area contributed by atoms with Crippen molar-refractivity contribution in [3.63, 3.8) is 0 Å². The number of esters is 6. The lowest BCUT2D eigenvalue weighted by atomic mass is 9.93. The fourth-order valence-corrected chi connectivity index (χ4v) is 13.4. The summed E-state index contributed by atoms with van der Waals surface area (Å²) in [6.07, 6.45) is 5.63. The van der Waals surface area contributed by atoms with Gasteiger partial charge in [-0.25, -0.2) is 0 Å². The molecule has 0 bridgehead atoms. The molecule has 0 saturated heterocycles. The summed E-state index contributed by atoms with van der Waals surface area (Å²) >= 11 is 0. The molecule has 0 N–H and O–H groups in total. The predicted octanol–water partition coefficient (Wildman–Crippen LogP) is 13.4. The molecule has 0 fully saturated rings. The zero-order valence-electron chi connectivity index (χ0n) is 55.2. The standard InChI is InChI=1S/C25H34O5P.C20H32O5P.C19H30O5P.3CH3/c1-20(26)30-19-25(2,18-28-3)24(27)29-15-21-11-13-23(14-12-21)17-31(4,5)16-22-9-7-6-8-10-22;1-7-26(5,6)13-18-10-8-17(9-11-18)12-24-19(22)20(3,14-23-4)15-25-16(2)21;1-15(20)24-14-19(2,13-22-3)18(21)23-11-16-7-9-17(10-8-16)12-25(4,5)6;;;/h6-14H,15-19H2,1-5H3;8-11H,7,12-15H2,1-6H3;7-10H,11-14H2,1-6H3;3*1H3/q3*+1;3*-1. The van der Waals surface area contributed by atoms with Crippen molar-refractivity contribution in [1.29, 1.82) is 0 Å². The molecule has 85 heavy (non-hydrogen) atoms. The van der Waals surface area contributed by atoms with Gasteiger partial charge in [0.05, 0.1) is 50.6 Å². The van der Waals surface area contributed by atoms with Crippen molar-refractivity contribution in [2.45, 2.75) is 92.9 Å². The minimum Gasteiger partial charge on any atom is -0.465 e. The van der Waals surface area contributed by atoms with Gasteiger partial charge in [-0.2, -0.15) is 0 Å². The Morgan fingerprint density at radius 2 is 0.600 bits per heavy atom. The third-order valence-electron chi connectivity index (χ3n) is 13.0. The van der Waals surface area contributed by atoms with Crippen LogP contribution in [0.3, 0.4) is 0 Å². The maximum absolute atomic E-state index is 12.6. The first-order valence-corrected chi connectivity index (χ1v) is 36.8. The van der Waals surface area contributed by atoms with Gasteiger partial charge >= 0.3 is 35.8 Å². The summed E-state index contributed by atoms with van der Waals surface area (Å²) in [6, 6.07) is 35.2. The molecule has 0 spiro atoms. The first-order chi connectivity index (χ1) is 38.3. The number of hydrogen-bond donors (Lipinski definition) is 0. The maximum Gasteiger partial charge on any atom is 0.317 e. The van der Waals surface area contributed by atoms with E-state index in [0.717, 1.165) is 41.3 Å². The summed E-state index contributed by atoms with van der Waals surface area (Å²) in [5, 5.41) is 0. The Morgan fingerprint density at radius 1 is 0.353 bits per heavy atom. The number of ether oxygens (including phenoxy) is 9. The van der Waals surface area contributed by atoms with Gasteiger partial charge in [0.2, 0.25) is 0 Å². The number of hydrogen-bond acceptors (Lipinski definition) is 15. The molecule has 4 rings (SSSR count). The number of methoxy groups -OCH3 is 3. The third-order valence-corrected chi connectivity index (χ3v) is 19.7. The van der Waals surface area contributed by atoms with Crippen molar-refractivity contribution in [3.05, 3.63) is 164 Å². The first-order valence-electron chi connectivity index (χ1n) is 27.4. The zero-order valence-corrected chi connectivity index (χ0v) is 57.9. The molecular weight excluding hydrogens is 1140 g/mol. The smallest absolute Gasteiger partial charge is 0.317 e. The highest BCUT2D eigenvalue weighted by Gasteiger charge is 2.39. The molecule has 0 saturated carbocycles. The van der Waals surface area contributed by atoms with Gasteiger partial charge in [0.15, 0.2) is 0 Å². The average molecular weight is 1240 g/mol. The van der Waals surface area contributed by atoms with E-state index in [4.69, 9.17) is 42.6 Å². The largest absolute Gasteiger partial charge is 0.465 e. The highest BCUT2D eigenvalue weighted by Crippen LogP contribution is 2.57. The lowest BCUT2D eigenvalue weighted by molar-refractivity contribution is -0.168. The molecule has 0 aromatic heterocycles. The van der Waals surface area contributed by atoms with E-state index in [1.165, 1.54) is 70.5 Å². The number of rotatable bonds is 30. The number of carbonyl (C=O) groups excluding carboxylic acids is 6. The molecule has 0 aliphatic heterocycles. The Morgan fingerprint density at radius 3 is 0.847 bits per heavy atom. The Labute approximate surface area is 514 Å². The third kappa shape index (κ3) is 33.0. The van der Waals surface area contributed by atoms with Crippen LogP contribution in [0.1, 0.15) is 87.4 Å². The van der Waals surface area contributed by atoms with Crippen LogP contribution in [0.25, 0.3) is 0 Å². The van der Waals surface area contributed by atoms with Crippen LogP contribution in [0.5, 0.6) is 0 Å². The quantitative estimate of drug-likeness (QED) is 0.0208. The molecule has 15 nitrogen and oxygen atoms in total. The molecule has 4 aromatic rings. The fraction of sp³-hybridized carbons (Fsp3) is 0.507. The molecule has 478 valence electrons. The summed E-state index contributed by atoms with van der Waals surface area (Å²) in [5.41, 5.74) is 5.01. The molecule has 4 aromatic carbocycles. The lowest BCUT2D eigenvalue weighted by Gasteiger charge is -2.25. The molecule has 18 heteroatoms. The zero-order chi connectivity index (χ0) is 61.8. The Bertz CT molecular complexity index is 2580. The lowest BCUT2D eigenvalue weighted by Crippen LogP contribution is -2.39. The van der Waals surface area contributed by atoms with E-state index in [1.807, 2.05) is 36.4 Å². The summed E-state index contributed by atoms with van der Waals surface area (Å²) in [6.45, 7) is 28.3. The van der Waals surface area contributed by atoms with Gasteiger partial charge in [-0.15, -0.1) is 0 Å². The highest BCUT2D eigenvalue weighted by atomic mass is 31.2. The van der Waals surface area contributed by atoms with Crippen LogP contribution in [0, 0.1) is 38.5 Å². The molecule has 3 atom stereocenters. The van der Waals surface area contributed by atoms with E-state index in [2.05, 4.69) is 120 Å². The second-order valence-corrected chi connectivity index (χ2v) is 38.3. The molecule has 0 heterocycles. The predicted molar refractivity (Wildman–Crippen MR) is 352 cm³/mol. The van der Waals surface area contributed by atoms with Crippen LogP contribution in [0.15, 0.2) is 103 Å². The van der Waals surface area contributed by atoms with Gasteiger partial charge < -0.3 is 64.9 Å². The van der Waals surface area contributed by atoms with Crippen molar-refractivity contribution >= 4 is 57.6 Å². The van der Waals surface area contributed by atoms with Crippen LogP contribution in [-0.2, 0) is 116 Å². The van der Waals surface area contributed by atoms with Crippen LogP contribution in [0.2, 0.25) is 0 Å². The van der Waals surface area contributed by atoms with E-state index in [-0.39, 0.29) is 81.7 Å². The van der Waals surface area contributed by atoms with Gasteiger partial charge in [0.1, 0.15) is 55.9 Å². The molecule has 0 aliphatic rings. The van der Waals surface area contributed by atoms with Crippen molar-refractivity contribution in [2.24, 2.45) is 16.2 Å². The minimum absolute atomic E-state index is 0. The summed E-state index contributed by atoms with van der Waals surface area (Å²) < 4.78 is 46.6. The normalized spacial score (nSPS) is 13.1. The van der Waals surface area contributed by atoms with E-state index >= 15 is 0 Å². The van der Waals surface area contributed by atoms with Crippen molar-refractivity contribution in [2.75, 3.05) is 114 Å². The van der Waals surface area contributed by atoms with E-state index in [0.29, 0.717) is 0 Å². The van der Waals surface area contributed by atoms with Gasteiger partial charge in [0, 0.05) is 111 Å².